The normalized spacial score (nSPS) is 12.8. The number of para-hydroxylation sites is 1. The summed E-state index contributed by atoms with van der Waals surface area (Å²) in [6.07, 6.45) is 9.79. The highest BCUT2D eigenvalue weighted by atomic mass is 35.5. The van der Waals surface area contributed by atoms with Crippen LogP contribution in [0.25, 0.3) is 0 Å². The summed E-state index contributed by atoms with van der Waals surface area (Å²) >= 11 is 6.04. The molecule has 0 amide bonds. The smallest absolute Gasteiger partial charge is 0.127 e. The second-order valence-corrected chi connectivity index (χ2v) is 7.44. The number of ether oxygens (including phenoxy) is 1. The number of halogens is 1. The molecular weight excluding hydrogens is 364 g/mol. The summed E-state index contributed by atoms with van der Waals surface area (Å²) in [4.78, 5) is 0. The summed E-state index contributed by atoms with van der Waals surface area (Å²) < 4.78 is 5.94. The van der Waals surface area contributed by atoms with Gasteiger partial charge in [0.05, 0.1) is 5.41 Å². The number of rotatable bonds is 8. The van der Waals surface area contributed by atoms with Crippen molar-refractivity contribution in [2.24, 2.45) is 0 Å². The van der Waals surface area contributed by atoms with Gasteiger partial charge in [-0.05, 0) is 73.2 Å². The highest BCUT2D eigenvalue weighted by Gasteiger charge is 2.27. The molecule has 28 heavy (non-hydrogen) atoms. The lowest BCUT2D eigenvalue weighted by Crippen LogP contribution is -2.23. The van der Waals surface area contributed by atoms with Gasteiger partial charge in [-0.2, -0.15) is 0 Å². The molecule has 142 valence electrons. The predicted molar refractivity (Wildman–Crippen MR) is 118 cm³/mol. The quantitative estimate of drug-likeness (QED) is 0.364. The molecule has 0 saturated heterocycles. The highest BCUT2D eigenvalue weighted by molar-refractivity contribution is 6.30. The fourth-order valence-corrected chi connectivity index (χ4v) is 3.66. The van der Waals surface area contributed by atoms with Crippen molar-refractivity contribution in [1.29, 1.82) is 0 Å². The molecule has 3 aromatic carbocycles. The van der Waals surface area contributed by atoms with Crippen molar-refractivity contribution in [3.05, 3.63) is 95.0 Å². The topological polar surface area (TPSA) is 9.23 Å². The van der Waals surface area contributed by atoms with E-state index in [1.807, 2.05) is 54.6 Å². The summed E-state index contributed by atoms with van der Waals surface area (Å²) in [6.45, 7) is 2.16. The number of aryl methyl sites for hydroxylation is 1. The zero-order chi connectivity index (χ0) is 19.8. The first kappa shape index (κ1) is 20.1. The number of terminal acetylenes is 1. The lowest BCUT2D eigenvalue weighted by Gasteiger charge is -2.28. The molecule has 0 aliphatic rings. The van der Waals surface area contributed by atoms with E-state index in [2.05, 4.69) is 37.1 Å². The number of benzene rings is 3. The van der Waals surface area contributed by atoms with Gasteiger partial charge in [-0.25, -0.2) is 0 Å². The molecule has 3 rings (SSSR count). The van der Waals surface area contributed by atoms with E-state index in [1.165, 1.54) is 11.1 Å². The van der Waals surface area contributed by atoms with Crippen LogP contribution in [0.5, 0.6) is 11.5 Å². The number of hydrogen-bond acceptors (Lipinski definition) is 1. The van der Waals surface area contributed by atoms with Crippen LogP contribution in [0.4, 0.5) is 0 Å². The minimum atomic E-state index is -0.247. The Kier molecular flexibility index (Phi) is 6.80. The Morgan fingerprint density at radius 2 is 1.64 bits per heavy atom. The molecule has 0 bridgehead atoms. The van der Waals surface area contributed by atoms with Gasteiger partial charge in [0.1, 0.15) is 11.5 Å². The molecule has 0 N–H and O–H groups in total. The van der Waals surface area contributed by atoms with Crippen LogP contribution in [0.1, 0.15) is 37.3 Å². The van der Waals surface area contributed by atoms with Gasteiger partial charge in [0.25, 0.3) is 0 Å². The third-order valence-corrected chi connectivity index (χ3v) is 5.47. The monoisotopic (exact) mass is 388 g/mol. The molecule has 0 saturated carbocycles. The largest absolute Gasteiger partial charge is 0.457 e. The zero-order valence-corrected chi connectivity index (χ0v) is 17.0. The minimum absolute atomic E-state index is 0.247. The maximum Gasteiger partial charge on any atom is 0.127 e. The van der Waals surface area contributed by atoms with Crippen molar-refractivity contribution >= 4 is 11.6 Å². The lowest BCUT2D eigenvalue weighted by atomic mass is 9.75. The summed E-state index contributed by atoms with van der Waals surface area (Å²) in [5, 5.41) is 0.737. The Morgan fingerprint density at radius 1 is 0.929 bits per heavy atom. The molecule has 1 nitrogen and oxygen atoms in total. The van der Waals surface area contributed by atoms with E-state index < -0.39 is 0 Å². The van der Waals surface area contributed by atoms with Crippen molar-refractivity contribution in [3.8, 4) is 23.8 Å². The van der Waals surface area contributed by atoms with Crippen molar-refractivity contribution in [2.75, 3.05) is 0 Å². The minimum Gasteiger partial charge on any atom is -0.457 e. The van der Waals surface area contributed by atoms with Crippen LogP contribution in [-0.4, -0.2) is 0 Å². The molecule has 0 aromatic heterocycles. The molecule has 2 heteroatoms. The van der Waals surface area contributed by atoms with E-state index in [9.17, 15) is 0 Å². The molecule has 3 aromatic rings. The van der Waals surface area contributed by atoms with Crippen LogP contribution in [0.3, 0.4) is 0 Å². The molecule has 0 fully saturated rings. The van der Waals surface area contributed by atoms with E-state index in [1.54, 1.807) is 0 Å². The van der Waals surface area contributed by atoms with Gasteiger partial charge in [0.2, 0.25) is 0 Å². The van der Waals surface area contributed by atoms with Crippen molar-refractivity contribution in [3.63, 3.8) is 0 Å². The third kappa shape index (κ3) is 4.97. The highest BCUT2D eigenvalue weighted by Crippen LogP contribution is 2.34. The second-order valence-electron chi connectivity index (χ2n) is 7.00. The van der Waals surface area contributed by atoms with E-state index in [0.29, 0.717) is 0 Å². The lowest BCUT2D eigenvalue weighted by molar-refractivity contribution is 0.471. The van der Waals surface area contributed by atoms with Crippen LogP contribution >= 0.6 is 11.6 Å². The van der Waals surface area contributed by atoms with Gasteiger partial charge >= 0.3 is 0 Å². The Bertz CT molecular complexity index is 925. The average molecular weight is 389 g/mol. The first-order chi connectivity index (χ1) is 13.6. The van der Waals surface area contributed by atoms with Crippen molar-refractivity contribution < 1.29 is 4.74 Å². The second kappa shape index (κ2) is 9.49. The van der Waals surface area contributed by atoms with Crippen LogP contribution in [-0.2, 0) is 11.8 Å². The Balaban J connectivity index is 1.65. The van der Waals surface area contributed by atoms with Crippen LogP contribution in [0, 0.1) is 12.3 Å². The fraction of sp³-hybridized carbons (Fsp3) is 0.231. The van der Waals surface area contributed by atoms with Gasteiger partial charge in [-0.3, -0.25) is 0 Å². The van der Waals surface area contributed by atoms with E-state index >= 15 is 0 Å². The summed E-state index contributed by atoms with van der Waals surface area (Å²) in [5.41, 5.74) is 2.18. The van der Waals surface area contributed by atoms with E-state index in [4.69, 9.17) is 22.8 Å². The van der Waals surface area contributed by atoms with Gasteiger partial charge < -0.3 is 4.74 Å². The van der Waals surface area contributed by atoms with Crippen molar-refractivity contribution in [2.45, 2.75) is 38.0 Å². The van der Waals surface area contributed by atoms with Gasteiger partial charge in [-0.15, -0.1) is 6.42 Å². The summed E-state index contributed by atoms with van der Waals surface area (Å²) in [6, 6.07) is 26.1. The standard InChI is InChI=1S/C26H25ClO/c1-3-26(4-2,22-15-17-23(27)18-16-22)19-9-11-21-10-8-14-25(20-21)28-24-12-6-5-7-13-24/h1,5-8,10,12-18,20H,4,9,11,19H2,2H3. The fourth-order valence-electron chi connectivity index (χ4n) is 3.54. The Hall–Kier alpha value is -2.69. The molecular formula is C26H25ClO. The molecule has 1 unspecified atom stereocenters. The SMILES string of the molecule is C#CC(CC)(CCCc1cccc(Oc2ccccc2)c1)c1ccc(Cl)cc1. The molecule has 0 radical (unpaired) electrons. The Labute approximate surface area is 173 Å². The molecule has 0 aliphatic carbocycles. The Morgan fingerprint density at radius 3 is 2.32 bits per heavy atom. The molecule has 0 heterocycles. The maximum atomic E-state index is 6.04. The van der Waals surface area contributed by atoms with Gasteiger partial charge in [-0.1, -0.05) is 66.9 Å². The predicted octanol–water partition coefficient (Wildman–Crippen LogP) is 7.44. The first-order valence-electron chi connectivity index (χ1n) is 9.71. The van der Waals surface area contributed by atoms with Gasteiger partial charge in [0.15, 0.2) is 0 Å². The van der Waals surface area contributed by atoms with Crippen LogP contribution in [0.2, 0.25) is 5.02 Å². The van der Waals surface area contributed by atoms with E-state index in [-0.39, 0.29) is 5.41 Å². The van der Waals surface area contributed by atoms with Gasteiger partial charge in [0, 0.05) is 5.02 Å². The molecule has 0 spiro atoms. The van der Waals surface area contributed by atoms with Crippen LogP contribution < -0.4 is 4.74 Å². The average Bonchev–Trinajstić information content (AvgIpc) is 2.73. The number of hydrogen-bond donors (Lipinski definition) is 0. The zero-order valence-electron chi connectivity index (χ0n) is 16.2. The van der Waals surface area contributed by atoms with Crippen LogP contribution in [0.15, 0.2) is 78.9 Å². The third-order valence-electron chi connectivity index (χ3n) is 5.22. The first-order valence-corrected chi connectivity index (χ1v) is 10.1. The molecule has 0 aliphatic heterocycles. The maximum absolute atomic E-state index is 6.04. The summed E-state index contributed by atoms with van der Waals surface area (Å²) in [7, 11) is 0. The summed E-state index contributed by atoms with van der Waals surface area (Å²) in [5.74, 6) is 4.77. The van der Waals surface area contributed by atoms with E-state index in [0.717, 1.165) is 42.2 Å². The van der Waals surface area contributed by atoms with Crippen molar-refractivity contribution in [1.82, 2.24) is 0 Å². The molecule has 1 atom stereocenters.